The highest BCUT2D eigenvalue weighted by Gasteiger charge is 2.30. The van der Waals surface area contributed by atoms with Crippen molar-refractivity contribution >= 4 is 21.6 Å². The number of carbonyl (C=O) groups is 1. The van der Waals surface area contributed by atoms with E-state index in [-0.39, 0.29) is 17.9 Å². The Morgan fingerprint density at radius 1 is 1.08 bits per heavy atom. The van der Waals surface area contributed by atoms with Gasteiger partial charge in [-0.2, -0.15) is 0 Å². The van der Waals surface area contributed by atoms with Crippen LogP contribution in [0.2, 0.25) is 0 Å². The van der Waals surface area contributed by atoms with Gasteiger partial charge in [0, 0.05) is 12.1 Å². The van der Waals surface area contributed by atoms with Crippen LogP contribution in [-0.2, 0) is 14.8 Å². The molecule has 0 radical (unpaired) electrons. The molecule has 0 spiro atoms. The van der Waals surface area contributed by atoms with Crippen molar-refractivity contribution in [3.05, 3.63) is 18.2 Å². The molecule has 0 aliphatic carbocycles. The summed E-state index contributed by atoms with van der Waals surface area (Å²) in [6.07, 6.45) is 1.07. The zero-order chi connectivity index (χ0) is 19.4. The van der Waals surface area contributed by atoms with E-state index in [4.69, 9.17) is 9.47 Å². The summed E-state index contributed by atoms with van der Waals surface area (Å²) in [5.41, 5.74) is 0.333. The van der Waals surface area contributed by atoms with Gasteiger partial charge in [0.15, 0.2) is 11.5 Å². The molecule has 25 heavy (non-hydrogen) atoms. The Labute approximate surface area is 150 Å². The Balaban J connectivity index is 3.25. The van der Waals surface area contributed by atoms with E-state index in [2.05, 4.69) is 5.32 Å². The minimum absolute atomic E-state index is 0.0678. The van der Waals surface area contributed by atoms with Gasteiger partial charge < -0.3 is 14.8 Å². The molecule has 0 aromatic heterocycles. The van der Waals surface area contributed by atoms with Crippen molar-refractivity contribution in [2.75, 3.05) is 24.8 Å². The molecule has 8 heteroatoms. The molecule has 0 fully saturated rings. The van der Waals surface area contributed by atoms with E-state index < -0.39 is 16.1 Å². The standard InChI is InChI=1S/C17H28N2O5S/c1-11(2)12(3)18-17(20)13(4)19(25(7,21)22)14-8-9-15(23-5)16(10-14)24-6/h8-13H,1-7H3,(H,18,20). The second kappa shape index (κ2) is 8.42. The van der Waals surface area contributed by atoms with Gasteiger partial charge in [0.25, 0.3) is 0 Å². The van der Waals surface area contributed by atoms with Crippen LogP contribution in [-0.4, -0.2) is 46.9 Å². The number of carbonyl (C=O) groups excluding carboxylic acids is 1. The van der Waals surface area contributed by atoms with E-state index in [1.54, 1.807) is 19.1 Å². The van der Waals surface area contributed by atoms with E-state index in [1.165, 1.54) is 20.3 Å². The van der Waals surface area contributed by atoms with Gasteiger partial charge in [-0.05, 0) is 31.9 Å². The summed E-state index contributed by atoms with van der Waals surface area (Å²) in [5.74, 6) is 0.743. The second-order valence-electron chi connectivity index (χ2n) is 6.32. The van der Waals surface area contributed by atoms with Gasteiger partial charge in [0.1, 0.15) is 6.04 Å². The molecule has 1 aromatic rings. The quantitative estimate of drug-likeness (QED) is 0.755. The lowest BCUT2D eigenvalue weighted by atomic mass is 10.1. The molecule has 1 N–H and O–H groups in total. The highest BCUT2D eigenvalue weighted by Crippen LogP contribution is 2.33. The van der Waals surface area contributed by atoms with Crippen LogP contribution < -0.4 is 19.1 Å². The van der Waals surface area contributed by atoms with Gasteiger partial charge in [-0.25, -0.2) is 8.42 Å². The van der Waals surface area contributed by atoms with Crippen LogP contribution in [0.25, 0.3) is 0 Å². The number of benzene rings is 1. The first kappa shape index (κ1) is 21.1. The van der Waals surface area contributed by atoms with Crippen molar-refractivity contribution < 1.29 is 22.7 Å². The normalized spacial score (nSPS) is 13.9. The van der Waals surface area contributed by atoms with Crippen molar-refractivity contribution in [2.45, 2.75) is 39.8 Å². The lowest BCUT2D eigenvalue weighted by Gasteiger charge is -2.30. The zero-order valence-corrected chi connectivity index (χ0v) is 16.7. The van der Waals surface area contributed by atoms with Crippen LogP contribution in [0.15, 0.2) is 18.2 Å². The largest absolute Gasteiger partial charge is 0.493 e. The van der Waals surface area contributed by atoms with Crippen LogP contribution in [0.5, 0.6) is 11.5 Å². The molecular weight excluding hydrogens is 344 g/mol. The Hall–Kier alpha value is -1.96. The molecule has 0 aliphatic heterocycles. The summed E-state index contributed by atoms with van der Waals surface area (Å²) < 4.78 is 36.1. The fraction of sp³-hybridized carbons (Fsp3) is 0.588. The van der Waals surface area contributed by atoms with Gasteiger partial charge in [-0.3, -0.25) is 9.10 Å². The Kier molecular flexibility index (Phi) is 7.10. The van der Waals surface area contributed by atoms with Crippen LogP contribution >= 0.6 is 0 Å². The summed E-state index contributed by atoms with van der Waals surface area (Å²) in [6, 6.07) is 3.75. The zero-order valence-electron chi connectivity index (χ0n) is 15.9. The molecule has 0 aliphatic rings. The highest BCUT2D eigenvalue weighted by atomic mass is 32.2. The Bertz CT molecular complexity index is 703. The number of rotatable bonds is 8. The van der Waals surface area contributed by atoms with Gasteiger partial charge in [0.05, 0.1) is 26.2 Å². The molecule has 1 aromatic carbocycles. The highest BCUT2D eigenvalue weighted by molar-refractivity contribution is 7.92. The molecule has 0 bridgehead atoms. The summed E-state index contributed by atoms with van der Waals surface area (Å²) in [6.45, 7) is 7.41. The van der Waals surface area contributed by atoms with E-state index in [9.17, 15) is 13.2 Å². The number of nitrogens with zero attached hydrogens (tertiary/aromatic N) is 1. The number of hydrogen-bond donors (Lipinski definition) is 1. The molecular formula is C17H28N2O5S. The van der Waals surface area contributed by atoms with Gasteiger partial charge >= 0.3 is 0 Å². The SMILES string of the molecule is COc1ccc(N(C(C)C(=O)NC(C)C(C)C)S(C)(=O)=O)cc1OC. The fourth-order valence-corrected chi connectivity index (χ4v) is 3.45. The topological polar surface area (TPSA) is 84.9 Å². The van der Waals surface area contributed by atoms with Crippen LogP contribution in [0.4, 0.5) is 5.69 Å². The smallest absolute Gasteiger partial charge is 0.243 e. The van der Waals surface area contributed by atoms with Crippen molar-refractivity contribution in [1.29, 1.82) is 0 Å². The van der Waals surface area contributed by atoms with Gasteiger partial charge in [-0.15, -0.1) is 0 Å². The molecule has 7 nitrogen and oxygen atoms in total. The first-order chi connectivity index (χ1) is 11.5. The third-order valence-electron chi connectivity index (χ3n) is 4.08. The maximum Gasteiger partial charge on any atom is 0.243 e. The van der Waals surface area contributed by atoms with E-state index in [0.717, 1.165) is 10.6 Å². The monoisotopic (exact) mass is 372 g/mol. The molecule has 2 unspecified atom stereocenters. The maximum atomic E-state index is 12.5. The molecule has 1 amide bonds. The van der Waals surface area contributed by atoms with Crippen LogP contribution in [0.3, 0.4) is 0 Å². The Morgan fingerprint density at radius 3 is 2.08 bits per heavy atom. The predicted octanol–water partition coefficient (Wildman–Crippen LogP) is 2.02. The van der Waals surface area contributed by atoms with E-state index in [1.807, 2.05) is 20.8 Å². The third kappa shape index (κ3) is 5.26. The number of amides is 1. The molecule has 0 heterocycles. The summed E-state index contributed by atoms with van der Waals surface area (Å²) in [4.78, 5) is 12.5. The van der Waals surface area contributed by atoms with Gasteiger partial charge in [-0.1, -0.05) is 13.8 Å². The number of anilines is 1. The average Bonchev–Trinajstić information content (AvgIpc) is 2.53. The third-order valence-corrected chi connectivity index (χ3v) is 5.32. The molecule has 0 saturated carbocycles. The van der Waals surface area contributed by atoms with Crippen molar-refractivity contribution in [3.8, 4) is 11.5 Å². The first-order valence-corrected chi connectivity index (χ1v) is 9.89. The molecule has 2 atom stereocenters. The molecule has 1 rings (SSSR count). The molecule has 0 saturated heterocycles. The lowest BCUT2D eigenvalue weighted by Crippen LogP contribution is -2.50. The minimum atomic E-state index is -3.69. The summed E-state index contributed by atoms with van der Waals surface area (Å²) in [5, 5.41) is 2.85. The van der Waals surface area contributed by atoms with E-state index in [0.29, 0.717) is 17.2 Å². The Morgan fingerprint density at radius 2 is 1.64 bits per heavy atom. The van der Waals surface area contributed by atoms with Crippen molar-refractivity contribution in [3.63, 3.8) is 0 Å². The van der Waals surface area contributed by atoms with E-state index >= 15 is 0 Å². The average molecular weight is 372 g/mol. The summed E-state index contributed by atoms with van der Waals surface area (Å²) in [7, 11) is -0.726. The minimum Gasteiger partial charge on any atom is -0.493 e. The maximum absolute atomic E-state index is 12.5. The number of nitrogens with one attached hydrogen (secondary N) is 1. The second-order valence-corrected chi connectivity index (χ2v) is 8.17. The fourth-order valence-electron chi connectivity index (χ4n) is 2.28. The van der Waals surface area contributed by atoms with Crippen LogP contribution in [0, 0.1) is 5.92 Å². The lowest BCUT2D eigenvalue weighted by molar-refractivity contribution is -0.122. The first-order valence-electron chi connectivity index (χ1n) is 8.04. The van der Waals surface area contributed by atoms with Crippen molar-refractivity contribution in [1.82, 2.24) is 5.32 Å². The number of hydrogen-bond acceptors (Lipinski definition) is 5. The molecule has 142 valence electrons. The van der Waals surface area contributed by atoms with Crippen molar-refractivity contribution in [2.24, 2.45) is 5.92 Å². The predicted molar refractivity (Wildman–Crippen MR) is 98.8 cm³/mol. The summed E-state index contributed by atoms with van der Waals surface area (Å²) >= 11 is 0. The number of methoxy groups -OCH3 is 2. The number of ether oxygens (including phenoxy) is 2. The van der Waals surface area contributed by atoms with Gasteiger partial charge in [0.2, 0.25) is 15.9 Å². The number of sulfonamides is 1. The van der Waals surface area contributed by atoms with Crippen LogP contribution in [0.1, 0.15) is 27.7 Å².